The summed E-state index contributed by atoms with van der Waals surface area (Å²) in [4.78, 5) is 41.2. The number of hydrogen-bond acceptors (Lipinski definition) is 6. The maximum atomic E-state index is 12.9. The van der Waals surface area contributed by atoms with Crippen LogP contribution in [0.25, 0.3) is 0 Å². The van der Waals surface area contributed by atoms with Crippen LogP contribution in [0.3, 0.4) is 0 Å². The lowest BCUT2D eigenvalue weighted by molar-refractivity contribution is -0.137. The van der Waals surface area contributed by atoms with E-state index in [0.29, 0.717) is 36.6 Å². The summed E-state index contributed by atoms with van der Waals surface area (Å²) in [7, 11) is 0. The highest BCUT2D eigenvalue weighted by Crippen LogP contribution is 2.43. The van der Waals surface area contributed by atoms with Crippen LogP contribution in [-0.2, 0) is 26.5 Å². The zero-order chi connectivity index (χ0) is 25.7. The quantitative estimate of drug-likeness (QED) is 0.392. The molecule has 3 amide bonds. The molecule has 0 radical (unpaired) electrons. The lowest BCUT2D eigenvalue weighted by Gasteiger charge is -2.30. The van der Waals surface area contributed by atoms with Gasteiger partial charge in [-0.3, -0.25) is 14.4 Å². The highest BCUT2D eigenvalue weighted by molar-refractivity contribution is 6.06. The van der Waals surface area contributed by atoms with Crippen molar-refractivity contribution in [1.29, 1.82) is 0 Å². The number of rotatable bonds is 9. The van der Waals surface area contributed by atoms with E-state index in [4.69, 9.17) is 0 Å². The third kappa shape index (κ3) is 5.18. The summed E-state index contributed by atoms with van der Waals surface area (Å²) in [6, 6.07) is 14.7. The molecule has 9 heteroatoms. The van der Waals surface area contributed by atoms with Gasteiger partial charge in [0.2, 0.25) is 11.8 Å². The van der Waals surface area contributed by atoms with Gasteiger partial charge in [-0.25, -0.2) is 0 Å². The van der Waals surface area contributed by atoms with E-state index in [1.54, 1.807) is 47.1 Å². The fourth-order valence-corrected chi connectivity index (χ4v) is 4.65. The van der Waals surface area contributed by atoms with E-state index in [-0.39, 0.29) is 37.9 Å². The third-order valence-corrected chi connectivity index (χ3v) is 6.72. The van der Waals surface area contributed by atoms with Gasteiger partial charge < -0.3 is 30.6 Å². The number of fused-ring (bicyclic) bond motifs is 1. The zero-order valence-electron chi connectivity index (χ0n) is 20.3. The summed E-state index contributed by atoms with van der Waals surface area (Å²) < 4.78 is 0. The van der Waals surface area contributed by atoms with Gasteiger partial charge in [0.1, 0.15) is 0 Å². The maximum Gasteiger partial charge on any atom is 0.261 e. The van der Waals surface area contributed by atoms with Crippen LogP contribution < -0.4 is 15.5 Å². The van der Waals surface area contributed by atoms with Gasteiger partial charge in [-0.05, 0) is 23.8 Å². The van der Waals surface area contributed by atoms with Crippen molar-refractivity contribution in [3.8, 4) is 0 Å². The van der Waals surface area contributed by atoms with Crippen molar-refractivity contribution in [3.63, 3.8) is 0 Å². The molecule has 0 aliphatic carbocycles. The lowest BCUT2D eigenvalue weighted by atomic mass is 9.82. The Balaban J connectivity index is 1.48. The standard InChI is InChI=1S/C27H32N4O5/c1-19(6-5-9-24(33)30(14-15-32)18-20-7-3-2-4-8-20)27(36)22-16-21(10-11-23(22)29-26(27)35)31-13-12-28-17-25(31)34/h2-8,10-11,16,19,28,32,36H,9,12-15,17-18H2,1H3,(H,29,35)/b6-5+/t19-,27+/m0/s1. The molecular weight excluding hydrogens is 460 g/mol. The van der Waals surface area contributed by atoms with E-state index in [1.165, 1.54) is 0 Å². The minimum absolute atomic E-state index is 0.0665. The Bertz CT molecular complexity index is 1150. The first-order valence-corrected chi connectivity index (χ1v) is 12.1. The van der Waals surface area contributed by atoms with Crippen molar-refractivity contribution in [2.75, 3.05) is 43.0 Å². The van der Waals surface area contributed by atoms with E-state index in [9.17, 15) is 24.6 Å². The van der Waals surface area contributed by atoms with Gasteiger partial charge in [0.15, 0.2) is 5.60 Å². The van der Waals surface area contributed by atoms with Crippen molar-refractivity contribution in [3.05, 3.63) is 71.8 Å². The number of piperazine rings is 1. The van der Waals surface area contributed by atoms with Gasteiger partial charge in [-0.2, -0.15) is 0 Å². The maximum absolute atomic E-state index is 12.9. The first-order chi connectivity index (χ1) is 17.3. The van der Waals surface area contributed by atoms with Gasteiger partial charge in [0.25, 0.3) is 5.91 Å². The second-order valence-corrected chi connectivity index (χ2v) is 9.12. The summed E-state index contributed by atoms with van der Waals surface area (Å²) in [5.41, 5.74) is 0.663. The second kappa shape index (κ2) is 11.0. The molecule has 0 spiro atoms. The second-order valence-electron chi connectivity index (χ2n) is 9.12. The van der Waals surface area contributed by atoms with Gasteiger partial charge in [-0.1, -0.05) is 49.4 Å². The molecule has 1 fully saturated rings. The number of aliphatic hydroxyl groups excluding tert-OH is 1. The SMILES string of the molecule is C[C@@H](/C=C/CC(=O)N(CCO)Cc1ccccc1)[C@]1(O)C(=O)Nc2ccc(N3CCNCC3=O)cc21. The molecule has 2 heterocycles. The number of aliphatic hydroxyl groups is 2. The zero-order valence-corrected chi connectivity index (χ0v) is 20.3. The molecule has 0 unspecified atom stereocenters. The Kier molecular flexibility index (Phi) is 7.83. The Morgan fingerprint density at radius 2 is 2.00 bits per heavy atom. The number of hydrogen-bond donors (Lipinski definition) is 4. The Hall–Kier alpha value is -3.53. The summed E-state index contributed by atoms with van der Waals surface area (Å²) in [5, 5.41) is 26.7. The third-order valence-electron chi connectivity index (χ3n) is 6.72. The first-order valence-electron chi connectivity index (χ1n) is 12.1. The predicted octanol–water partition coefficient (Wildman–Crippen LogP) is 1.37. The van der Waals surface area contributed by atoms with Crippen LogP contribution >= 0.6 is 0 Å². The molecule has 4 N–H and O–H groups in total. The first kappa shape index (κ1) is 25.6. The smallest absolute Gasteiger partial charge is 0.261 e. The molecule has 36 heavy (non-hydrogen) atoms. The van der Waals surface area contributed by atoms with Gasteiger partial charge in [0, 0.05) is 55.5 Å². The lowest BCUT2D eigenvalue weighted by Crippen LogP contribution is -2.48. The van der Waals surface area contributed by atoms with Gasteiger partial charge in [0.05, 0.1) is 13.2 Å². The van der Waals surface area contributed by atoms with Crippen molar-refractivity contribution in [2.45, 2.75) is 25.5 Å². The molecule has 1 saturated heterocycles. The number of carbonyl (C=O) groups excluding carboxylic acids is 3. The largest absolute Gasteiger partial charge is 0.395 e. The summed E-state index contributed by atoms with van der Waals surface area (Å²) in [6.45, 7) is 3.57. The van der Waals surface area contributed by atoms with E-state index < -0.39 is 17.4 Å². The monoisotopic (exact) mass is 492 g/mol. The molecule has 2 aromatic carbocycles. The fourth-order valence-electron chi connectivity index (χ4n) is 4.65. The molecule has 2 atom stereocenters. The minimum Gasteiger partial charge on any atom is -0.395 e. The molecule has 2 aliphatic heterocycles. The normalized spacial score (nSPS) is 20.4. The van der Waals surface area contributed by atoms with Crippen LogP contribution in [0, 0.1) is 5.92 Å². The fraction of sp³-hybridized carbons (Fsp3) is 0.370. The Morgan fingerprint density at radius 3 is 2.72 bits per heavy atom. The molecule has 0 saturated carbocycles. The van der Waals surface area contributed by atoms with E-state index in [0.717, 1.165) is 5.56 Å². The van der Waals surface area contributed by atoms with Crippen molar-refractivity contribution < 1.29 is 24.6 Å². The molecule has 0 bridgehead atoms. The summed E-state index contributed by atoms with van der Waals surface area (Å²) >= 11 is 0. The number of anilines is 2. The number of benzene rings is 2. The molecule has 0 aromatic heterocycles. The highest BCUT2D eigenvalue weighted by atomic mass is 16.3. The molecule has 4 rings (SSSR count). The number of carbonyl (C=O) groups is 3. The summed E-state index contributed by atoms with van der Waals surface area (Å²) in [6.07, 6.45) is 3.38. The average molecular weight is 493 g/mol. The van der Waals surface area contributed by atoms with E-state index >= 15 is 0 Å². The van der Waals surface area contributed by atoms with E-state index in [2.05, 4.69) is 10.6 Å². The topological polar surface area (TPSA) is 122 Å². The van der Waals surface area contributed by atoms with Crippen LogP contribution in [0.2, 0.25) is 0 Å². The number of amides is 3. The van der Waals surface area contributed by atoms with Gasteiger partial charge in [-0.15, -0.1) is 0 Å². The predicted molar refractivity (Wildman–Crippen MR) is 136 cm³/mol. The van der Waals surface area contributed by atoms with Crippen LogP contribution in [0.15, 0.2) is 60.7 Å². The van der Waals surface area contributed by atoms with E-state index in [1.807, 2.05) is 30.3 Å². The van der Waals surface area contributed by atoms with Crippen LogP contribution in [0.4, 0.5) is 11.4 Å². The number of nitrogens with zero attached hydrogens (tertiary/aromatic N) is 2. The number of nitrogens with one attached hydrogen (secondary N) is 2. The molecule has 190 valence electrons. The Labute approximate surface area is 210 Å². The average Bonchev–Trinajstić information content (AvgIpc) is 3.14. The van der Waals surface area contributed by atoms with Crippen molar-refractivity contribution in [1.82, 2.24) is 10.2 Å². The van der Waals surface area contributed by atoms with Crippen LogP contribution in [0.5, 0.6) is 0 Å². The van der Waals surface area contributed by atoms with Gasteiger partial charge >= 0.3 is 0 Å². The molecule has 9 nitrogen and oxygen atoms in total. The molecular formula is C27H32N4O5. The summed E-state index contributed by atoms with van der Waals surface area (Å²) in [5.74, 6) is -1.42. The van der Waals surface area contributed by atoms with Crippen LogP contribution in [-0.4, -0.2) is 65.6 Å². The van der Waals surface area contributed by atoms with Crippen LogP contribution in [0.1, 0.15) is 24.5 Å². The van der Waals surface area contributed by atoms with Crippen molar-refractivity contribution >= 4 is 29.1 Å². The molecule has 2 aliphatic rings. The highest BCUT2D eigenvalue weighted by Gasteiger charge is 2.49. The Morgan fingerprint density at radius 1 is 1.22 bits per heavy atom. The molecule has 2 aromatic rings. The van der Waals surface area contributed by atoms with Crippen molar-refractivity contribution in [2.24, 2.45) is 5.92 Å². The minimum atomic E-state index is -1.84.